The van der Waals surface area contributed by atoms with Crippen molar-refractivity contribution in [1.82, 2.24) is 0 Å². The summed E-state index contributed by atoms with van der Waals surface area (Å²) >= 11 is 7.43. The van der Waals surface area contributed by atoms with Crippen LogP contribution in [-0.2, 0) is 4.74 Å². The molecule has 0 bridgehead atoms. The molecule has 1 N–H and O–H groups in total. The van der Waals surface area contributed by atoms with Crippen LogP contribution in [0.1, 0.15) is 11.5 Å². The van der Waals surface area contributed by atoms with Gasteiger partial charge in [-0.3, -0.25) is 0 Å². The smallest absolute Gasteiger partial charge is 0.0965 e. The van der Waals surface area contributed by atoms with E-state index in [0.717, 1.165) is 9.90 Å². The molecule has 0 radical (unpaired) electrons. The molecule has 0 aromatic carbocycles. The summed E-state index contributed by atoms with van der Waals surface area (Å²) in [7, 11) is 0. The van der Waals surface area contributed by atoms with E-state index in [-0.39, 0.29) is 5.92 Å². The maximum atomic E-state index is 9.51. The third-order valence-electron chi connectivity index (χ3n) is 2.10. The van der Waals surface area contributed by atoms with Crippen LogP contribution in [0.3, 0.4) is 0 Å². The normalized spacial score (nSPS) is 29.5. The van der Waals surface area contributed by atoms with E-state index in [0.29, 0.717) is 13.2 Å². The Balaban J connectivity index is 2.24. The van der Waals surface area contributed by atoms with E-state index >= 15 is 0 Å². The Morgan fingerprint density at radius 2 is 2.42 bits per heavy atom. The van der Waals surface area contributed by atoms with Crippen LogP contribution in [0.2, 0.25) is 4.34 Å². The maximum Gasteiger partial charge on any atom is 0.0965 e. The van der Waals surface area contributed by atoms with Gasteiger partial charge in [0.25, 0.3) is 0 Å². The van der Waals surface area contributed by atoms with Gasteiger partial charge >= 0.3 is 0 Å². The Kier molecular flexibility index (Phi) is 2.37. The summed E-state index contributed by atoms with van der Waals surface area (Å²) in [5.74, 6) is 0.0729. The number of aliphatic hydroxyl groups is 1. The highest BCUT2D eigenvalue weighted by atomic mass is 35.5. The highest BCUT2D eigenvalue weighted by Gasteiger charge is 2.29. The van der Waals surface area contributed by atoms with Crippen molar-refractivity contribution in [3.05, 3.63) is 21.3 Å². The first-order chi connectivity index (χ1) is 5.79. The van der Waals surface area contributed by atoms with Crippen LogP contribution in [0.5, 0.6) is 0 Å². The summed E-state index contributed by atoms with van der Waals surface area (Å²) in [6.45, 7) is 1.01. The number of halogens is 1. The van der Waals surface area contributed by atoms with Gasteiger partial charge in [0.1, 0.15) is 0 Å². The number of ether oxygens (including phenoxy) is 1. The lowest BCUT2D eigenvalue weighted by Gasteiger charge is -2.10. The summed E-state index contributed by atoms with van der Waals surface area (Å²) in [4.78, 5) is 0. The first kappa shape index (κ1) is 8.51. The van der Waals surface area contributed by atoms with Gasteiger partial charge in [-0.15, -0.1) is 11.3 Å². The lowest BCUT2D eigenvalue weighted by atomic mass is 10.00. The van der Waals surface area contributed by atoms with Crippen LogP contribution in [0.25, 0.3) is 0 Å². The fourth-order valence-electron chi connectivity index (χ4n) is 1.41. The van der Waals surface area contributed by atoms with E-state index in [2.05, 4.69) is 0 Å². The van der Waals surface area contributed by atoms with E-state index in [1.807, 2.05) is 11.4 Å². The molecule has 2 nitrogen and oxygen atoms in total. The van der Waals surface area contributed by atoms with E-state index in [1.165, 1.54) is 11.3 Å². The molecule has 1 saturated heterocycles. The molecule has 12 heavy (non-hydrogen) atoms. The van der Waals surface area contributed by atoms with Crippen molar-refractivity contribution in [1.29, 1.82) is 0 Å². The average molecular weight is 205 g/mol. The zero-order valence-electron chi connectivity index (χ0n) is 6.37. The van der Waals surface area contributed by atoms with Crippen molar-refractivity contribution < 1.29 is 9.84 Å². The molecular formula is C8H9ClO2S. The second-order valence-electron chi connectivity index (χ2n) is 2.86. The predicted octanol–water partition coefficient (Wildman–Crippen LogP) is 1.88. The Labute approximate surface area is 79.7 Å². The lowest BCUT2D eigenvalue weighted by molar-refractivity contribution is 0.124. The van der Waals surface area contributed by atoms with Crippen molar-refractivity contribution >= 4 is 22.9 Å². The molecule has 66 valence electrons. The average Bonchev–Trinajstić information content (AvgIpc) is 2.59. The maximum absolute atomic E-state index is 9.51. The molecule has 2 rings (SSSR count). The highest BCUT2D eigenvalue weighted by molar-refractivity contribution is 7.14. The second kappa shape index (κ2) is 3.34. The van der Waals surface area contributed by atoms with Crippen molar-refractivity contribution in [2.75, 3.05) is 13.2 Å². The minimum atomic E-state index is -0.392. The topological polar surface area (TPSA) is 29.5 Å². The zero-order valence-corrected chi connectivity index (χ0v) is 7.94. The number of thiophene rings is 1. The molecule has 2 atom stereocenters. The molecule has 1 aliphatic rings. The molecule has 0 aliphatic carbocycles. The summed E-state index contributed by atoms with van der Waals surface area (Å²) < 4.78 is 5.91. The molecule has 0 amide bonds. The second-order valence-corrected chi connectivity index (χ2v) is 4.38. The van der Waals surface area contributed by atoms with Gasteiger partial charge in [-0.25, -0.2) is 0 Å². The molecule has 1 aromatic rings. The monoisotopic (exact) mass is 204 g/mol. The van der Waals surface area contributed by atoms with Crippen LogP contribution in [-0.4, -0.2) is 24.4 Å². The van der Waals surface area contributed by atoms with Gasteiger partial charge in [0.2, 0.25) is 0 Å². The largest absolute Gasteiger partial charge is 0.390 e. The summed E-state index contributed by atoms with van der Waals surface area (Å²) in [5.41, 5.74) is 1.02. The van der Waals surface area contributed by atoms with Gasteiger partial charge in [0.15, 0.2) is 0 Å². The van der Waals surface area contributed by atoms with E-state index in [1.54, 1.807) is 0 Å². The van der Waals surface area contributed by atoms with Crippen molar-refractivity contribution in [2.24, 2.45) is 0 Å². The van der Waals surface area contributed by atoms with Gasteiger partial charge in [-0.05, 0) is 17.0 Å². The number of hydrogen-bond acceptors (Lipinski definition) is 3. The molecular weight excluding hydrogens is 196 g/mol. The predicted molar refractivity (Wildman–Crippen MR) is 48.9 cm³/mol. The van der Waals surface area contributed by atoms with Gasteiger partial charge in [0, 0.05) is 5.92 Å². The fraction of sp³-hybridized carbons (Fsp3) is 0.500. The molecule has 4 heteroatoms. The Morgan fingerprint density at radius 3 is 2.92 bits per heavy atom. The standard InChI is InChI=1S/C8H9ClO2S/c9-8-5(1-2-12-8)6-3-11-4-7(6)10/h1-2,6-7,10H,3-4H2/t6-,7+/m0/s1. The third kappa shape index (κ3) is 1.38. The van der Waals surface area contributed by atoms with Gasteiger partial charge < -0.3 is 9.84 Å². The van der Waals surface area contributed by atoms with Crippen LogP contribution < -0.4 is 0 Å². The van der Waals surface area contributed by atoms with Crippen LogP contribution in [0.4, 0.5) is 0 Å². The molecule has 0 spiro atoms. The van der Waals surface area contributed by atoms with Crippen molar-refractivity contribution in [2.45, 2.75) is 12.0 Å². The van der Waals surface area contributed by atoms with Crippen molar-refractivity contribution in [3.8, 4) is 0 Å². The number of aliphatic hydroxyl groups excluding tert-OH is 1. The Morgan fingerprint density at radius 1 is 1.58 bits per heavy atom. The molecule has 0 unspecified atom stereocenters. The number of rotatable bonds is 1. The molecule has 1 aromatic heterocycles. The van der Waals surface area contributed by atoms with E-state index < -0.39 is 6.10 Å². The fourth-order valence-corrected chi connectivity index (χ4v) is 2.46. The van der Waals surface area contributed by atoms with Crippen LogP contribution >= 0.6 is 22.9 Å². The molecule has 0 saturated carbocycles. The van der Waals surface area contributed by atoms with E-state index in [9.17, 15) is 5.11 Å². The van der Waals surface area contributed by atoms with Gasteiger partial charge in [-0.2, -0.15) is 0 Å². The first-order valence-corrected chi connectivity index (χ1v) is 5.03. The summed E-state index contributed by atoms with van der Waals surface area (Å²) in [6.07, 6.45) is -0.392. The minimum Gasteiger partial charge on any atom is -0.390 e. The molecule has 1 aliphatic heterocycles. The lowest BCUT2D eigenvalue weighted by Crippen LogP contribution is -2.15. The van der Waals surface area contributed by atoms with Gasteiger partial charge in [-0.1, -0.05) is 11.6 Å². The summed E-state index contributed by atoms with van der Waals surface area (Å²) in [6, 6.07) is 1.95. The highest BCUT2D eigenvalue weighted by Crippen LogP contribution is 2.34. The van der Waals surface area contributed by atoms with Crippen molar-refractivity contribution in [3.63, 3.8) is 0 Å². The van der Waals surface area contributed by atoms with Crippen LogP contribution in [0.15, 0.2) is 11.4 Å². The van der Waals surface area contributed by atoms with Crippen LogP contribution in [0, 0.1) is 0 Å². The Hall–Kier alpha value is -0.0900. The Bertz CT molecular complexity index is 274. The SMILES string of the molecule is O[C@@H]1COC[C@H]1c1ccsc1Cl. The third-order valence-corrected chi connectivity index (χ3v) is 3.30. The van der Waals surface area contributed by atoms with E-state index in [4.69, 9.17) is 16.3 Å². The summed E-state index contributed by atoms with van der Waals surface area (Å²) in [5, 5.41) is 11.4. The quantitative estimate of drug-likeness (QED) is 0.757. The molecule has 1 fully saturated rings. The molecule has 2 heterocycles. The zero-order chi connectivity index (χ0) is 8.55. The number of hydrogen-bond donors (Lipinski definition) is 1. The van der Waals surface area contributed by atoms with Gasteiger partial charge in [0.05, 0.1) is 23.7 Å². The first-order valence-electron chi connectivity index (χ1n) is 3.77. The minimum absolute atomic E-state index is 0.0729.